The van der Waals surface area contributed by atoms with Crippen LogP contribution in [0.15, 0.2) is 0 Å². The fourth-order valence-electron chi connectivity index (χ4n) is 2.29. The Balaban J connectivity index is 2.20. The van der Waals surface area contributed by atoms with Gasteiger partial charge in [0.2, 0.25) is 5.91 Å². The van der Waals surface area contributed by atoms with E-state index < -0.39 is 0 Å². The maximum atomic E-state index is 11.8. The first kappa shape index (κ1) is 14.8. The van der Waals surface area contributed by atoms with Crippen molar-refractivity contribution in [2.24, 2.45) is 11.8 Å². The molecule has 0 aromatic heterocycles. The van der Waals surface area contributed by atoms with E-state index >= 15 is 0 Å². The molecule has 0 aromatic rings. The Morgan fingerprint density at radius 3 is 2.65 bits per heavy atom. The lowest BCUT2D eigenvalue weighted by molar-refractivity contribution is -0.122. The molecular weight excluding hydrogens is 232 g/mol. The Hall–Kier alpha value is -0.220. The van der Waals surface area contributed by atoms with E-state index in [0.29, 0.717) is 17.6 Å². The van der Waals surface area contributed by atoms with E-state index in [0.717, 1.165) is 25.6 Å². The lowest BCUT2D eigenvalue weighted by atomic mass is 9.84. The number of hydrogen-bond donors (Lipinski definition) is 2. The van der Waals surface area contributed by atoms with E-state index in [2.05, 4.69) is 30.7 Å². The SMILES string of the molecule is CS[C@@H](C)CNC(=O)C[C@H](C)C1CCNCC1. The maximum absolute atomic E-state index is 11.8. The predicted octanol–water partition coefficient (Wildman–Crippen LogP) is 1.88. The third kappa shape index (κ3) is 5.77. The molecule has 1 aliphatic rings. The second-order valence-electron chi connectivity index (χ2n) is 5.12. The van der Waals surface area contributed by atoms with Gasteiger partial charge in [-0.1, -0.05) is 13.8 Å². The van der Waals surface area contributed by atoms with Gasteiger partial charge in [0.25, 0.3) is 0 Å². The highest BCUT2D eigenvalue weighted by molar-refractivity contribution is 7.99. The molecule has 4 heteroatoms. The highest BCUT2D eigenvalue weighted by Gasteiger charge is 2.21. The standard InChI is InChI=1S/C13H26N2OS/c1-10(12-4-6-14-7-5-12)8-13(16)15-9-11(2)17-3/h10-12,14H,4-9H2,1-3H3,(H,15,16)/t10-,11-/m0/s1. The first-order chi connectivity index (χ1) is 8.13. The number of amides is 1. The summed E-state index contributed by atoms with van der Waals surface area (Å²) in [4.78, 5) is 11.8. The van der Waals surface area contributed by atoms with Crippen molar-refractivity contribution in [1.82, 2.24) is 10.6 Å². The number of nitrogens with one attached hydrogen (secondary N) is 2. The second-order valence-corrected chi connectivity index (χ2v) is 6.40. The van der Waals surface area contributed by atoms with Crippen LogP contribution in [0.4, 0.5) is 0 Å². The highest BCUT2D eigenvalue weighted by Crippen LogP contribution is 2.24. The normalized spacial score (nSPS) is 20.9. The van der Waals surface area contributed by atoms with Crippen LogP contribution in [0.25, 0.3) is 0 Å². The molecule has 0 spiro atoms. The lowest BCUT2D eigenvalue weighted by Crippen LogP contribution is -2.34. The van der Waals surface area contributed by atoms with Crippen molar-refractivity contribution in [2.45, 2.75) is 38.4 Å². The van der Waals surface area contributed by atoms with Crippen molar-refractivity contribution in [3.63, 3.8) is 0 Å². The third-order valence-electron chi connectivity index (χ3n) is 3.68. The van der Waals surface area contributed by atoms with Gasteiger partial charge < -0.3 is 10.6 Å². The zero-order valence-electron chi connectivity index (χ0n) is 11.3. The molecule has 1 fully saturated rings. The Morgan fingerprint density at radius 2 is 2.06 bits per heavy atom. The first-order valence-corrected chi connectivity index (χ1v) is 7.92. The smallest absolute Gasteiger partial charge is 0.220 e. The summed E-state index contributed by atoms with van der Waals surface area (Å²) in [5, 5.41) is 6.90. The summed E-state index contributed by atoms with van der Waals surface area (Å²) in [6, 6.07) is 0. The van der Waals surface area contributed by atoms with E-state index in [9.17, 15) is 4.79 Å². The van der Waals surface area contributed by atoms with Gasteiger partial charge in [-0.3, -0.25) is 4.79 Å². The van der Waals surface area contributed by atoms with E-state index in [1.807, 2.05) is 0 Å². The minimum atomic E-state index is 0.219. The van der Waals surface area contributed by atoms with Crippen LogP contribution in [0.5, 0.6) is 0 Å². The minimum absolute atomic E-state index is 0.219. The molecule has 1 rings (SSSR count). The number of thioether (sulfide) groups is 1. The second kappa shape index (κ2) is 7.98. The monoisotopic (exact) mass is 258 g/mol. The van der Waals surface area contributed by atoms with Crippen LogP contribution in [-0.4, -0.2) is 37.0 Å². The van der Waals surface area contributed by atoms with Gasteiger partial charge in [0.15, 0.2) is 0 Å². The Labute approximate surface area is 109 Å². The molecule has 100 valence electrons. The summed E-state index contributed by atoms with van der Waals surface area (Å²) < 4.78 is 0. The van der Waals surface area contributed by atoms with Crippen LogP contribution < -0.4 is 10.6 Å². The van der Waals surface area contributed by atoms with E-state index in [1.54, 1.807) is 11.8 Å². The van der Waals surface area contributed by atoms with Crippen LogP contribution >= 0.6 is 11.8 Å². The van der Waals surface area contributed by atoms with Crippen LogP contribution in [0.3, 0.4) is 0 Å². The summed E-state index contributed by atoms with van der Waals surface area (Å²) in [7, 11) is 0. The summed E-state index contributed by atoms with van der Waals surface area (Å²) in [5.74, 6) is 1.46. The van der Waals surface area contributed by atoms with Crippen LogP contribution in [-0.2, 0) is 4.79 Å². The molecule has 1 saturated heterocycles. The molecule has 0 saturated carbocycles. The highest BCUT2D eigenvalue weighted by atomic mass is 32.2. The van der Waals surface area contributed by atoms with Gasteiger partial charge in [0.05, 0.1) is 0 Å². The molecule has 0 aromatic carbocycles. The molecule has 2 N–H and O–H groups in total. The van der Waals surface area contributed by atoms with Crippen molar-refractivity contribution in [3.05, 3.63) is 0 Å². The molecule has 2 atom stereocenters. The predicted molar refractivity (Wildman–Crippen MR) is 75.4 cm³/mol. The van der Waals surface area contributed by atoms with Gasteiger partial charge >= 0.3 is 0 Å². The molecule has 0 aliphatic carbocycles. The molecule has 0 radical (unpaired) electrons. The molecule has 1 heterocycles. The fourth-order valence-corrected chi connectivity index (χ4v) is 2.54. The average Bonchev–Trinajstić information content (AvgIpc) is 2.36. The lowest BCUT2D eigenvalue weighted by Gasteiger charge is -2.28. The van der Waals surface area contributed by atoms with E-state index in [4.69, 9.17) is 0 Å². The molecule has 0 unspecified atom stereocenters. The summed E-state index contributed by atoms with van der Waals surface area (Å²) in [6.07, 6.45) is 5.20. The largest absolute Gasteiger partial charge is 0.355 e. The fraction of sp³-hybridized carbons (Fsp3) is 0.923. The van der Waals surface area contributed by atoms with Crippen molar-refractivity contribution in [1.29, 1.82) is 0 Å². The van der Waals surface area contributed by atoms with Crippen LogP contribution in [0.1, 0.15) is 33.1 Å². The summed E-state index contributed by atoms with van der Waals surface area (Å²) >= 11 is 1.79. The first-order valence-electron chi connectivity index (χ1n) is 6.63. The van der Waals surface area contributed by atoms with Crippen molar-refractivity contribution in [2.75, 3.05) is 25.9 Å². The van der Waals surface area contributed by atoms with Gasteiger partial charge in [-0.15, -0.1) is 0 Å². The molecule has 1 aliphatic heterocycles. The van der Waals surface area contributed by atoms with Gasteiger partial charge in [-0.25, -0.2) is 0 Å². The Kier molecular flexibility index (Phi) is 6.97. The average molecular weight is 258 g/mol. The third-order valence-corrected chi connectivity index (χ3v) is 4.66. The number of rotatable bonds is 6. The van der Waals surface area contributed by atoms with Gasteiger partial charge in [-0.05, 0) is 44.0 Å². The molecule has 0 bridgehead atoms. The molecule has 1 amide bonds. The van der Waals surface area contributed by atoms with Crippen molar-refractivity contribution in [3.8, 4) is 0 Å². The maximum Gasteiger partial charge on any atom is 0.220 e. The van der Waals surface area contributed by atoms with Gasteiger partial charge in [0, 0.05) is 18.2 Å². The van der Waals surface area contributed by atoms with Crippen molar-refractivity contribution >= 4 is 17.7 Å². The summed E-state index contributed by atoms with van der Waals surface area (Å²) in [6.45, 7) is 7.37. The zero-order valence-corrected chi connectivity index (χ0v) is 12.1. The topological polar surface area (TPSA) is 41.1 Å². The van der Waals surface area contributed by atoms with Gasteiger partial charge in [0.1, 0.15) is 0 Å². The molecule has 3 nitrogen and oxygen atoms in total. The quantitative estimate of drug-likeness (QED) is 0.764. The number of piperidine rings is 1. The van der Waals surface area contributed by atoms with E-state index in [-0.39, 0.29) is 5.91 Å². The van der Waals surface area contributed by atoms with Crippen LogP contribution in [0.2, 0.25) is 0 Å². The molecule has 17 heavy (non-hydrogen) atoms. The van der Waals surface area contributed by atoms with Crippen LogP contribution in [0, 0.1) is 11.8 Å². The van der Waals surface area contributed by atoms with Gasteiger partial charge in [-0.2, -0.15) is 11.8 Å². The number of hydrogen-bond acceptors (Lipinski definition) is 3. The molecular formula is C13H26N2OS. The minimum Gasteiger partial charge on any atom is -0.355 e. The Bertz CT molecular complexity index is 229. The number of carbonyl (C=O) groups is 1. The van der Waals surface area contributed by atoms with E-state index in [1.165, 1.54) is 12.8 Å². The van der Waals surface area contributed by atoms with Crippen molar-refractivity contribution < 1.29 is 4.79 Å². The summed E-state index contributed by atoms with van der Waals surface area (Å²) in [5.41, 5.74) is 0. The zero-order chi connectivity index (χ0) is 12.7. The Morgan fingerprint density at radius 1 is 1.41 bits per heavy atom. The number of carbonyl (C=O) groups excluding carboxylic acids is 1.